The first-order chi connectivity index (χ1) is 18.2. The molecule has 0 saturated heterocycles. The number of hydrogen-bond donors (Lipinski definition) is 1. The van der Waals surface area contributed by atoms with E-state index in [1.54, 1.807) is 0 Å². The number of Topliss-reactive ketones (excluding diaryl/α,β-unsaturated/α-hetero) is 2. The lowest BCUT2D eigenvalue weighted by atomic mass is 9.75. The first-order valence-electron chi connectivity index (χ1n) is 12.1. The fraction of sp³-hybridized carbons (Fsp3) is 0.200. The van der Waals surface area contributed by atoms with E-state index in [1.165, 1.54) is 18.7 Å². The predicted octanol–water partition coefficient (Wildman–Crippen LogP) is 6.77. The van der Waals surface area contributed by atoms with E-state index in [2.05, 4.69) is 11.4 Å². The third kappa shape index (κ3) is 4.71. The second kappa shape index (κ2) is 10.1. The van der Waals surface area contributed by atoms with Crippen molar-refractivity contribution in [2.24, 2.45) is 5.41 Å². The molecule has 1 N–H and O–H groups in total. The molecule has 0 spiro atoms. The number of nitriles is 1. The number of ketones is 2. The number of rotatable bonds is 5. The number of fused-ring (bicyclic) bond motifs is 1. The molecular weight excluding hydrogens is 514 g/mol. The highest BCUT2D eigenvalue weighted by molar-refractivity contribution is 8.06. The maximum absolute atomic E-state index is 13.7. The van der Waals surface area contributed by atoms with Gasteiger partial charge in [0.1, 0.15) is 21.7 Å². The van der Waals surface area contributed by atoms with Crippen LogP contribution in [0.3, 0.4) is 0 Å². The second-order valence-corrected chi connectivity index (χ2v) is 11.9. The van der Waals surface area contributed by atoms with Crippen LogP contribution in [-0.2, 0) is 16.0 Å². The maximum Gasteiger partial charge on any atom is 0.262 e. The van der Waals surface area contributed by atoms with E-state index in [-0.39, 0.29) is 16.8 Å². The summed E-state index contributed by atoms with van der Waals surface area (Å²) in [7, 11) is 0. The zero-order valence-corrected chi connectivity index (χ0v) is 22.8. The average Bonchev–Trinajstić information content (AvgIpc) is 3.46. The number of carbonyl (C=O) groups excluding carboxylic acids is 3. The Morgan fingerprint density at radius 1 is 1.03 bits per heavy atom. The van der Waals surface area contributed by atoms with Gasteiger partial charge in [-0.25, -0.2) is 0 Å². The van der Waals surface area contributed by atoms with E-state index in [4.69, 9.17) is 0 Å². The summed E-state index contributed by atoms with van der Waals surface area (Å²) in [4.78, 5) is 41.9. The van der Waals surface area contributed by atoms with Gasteiger partial charge in [0.25, 0.3) is 5.91 Å². The molecular formula is C30H25N3O3S2. The predicted molar refractivity (Wildman–Crippen MR) is 153 cm³/mol. The van der Waals surface area contributed by atoms with Gasteiger partial charge in [-0.15, -0.1) is 11.3 Å². The van der Waals surface area contributed by atoms with Crippen LogP contribution in [0.5, 0.6) is 0 Å². The van der Waals surface area contributed by atoms with E-state index in [1.807, 2.05) is 84.8 Å². The van der Waals surface area contributed by atoms with Gasteiger partial charge in [-0.1, -0.05) is 74.1 Å². The molecule has 3 aromatic rings. The number of amides is 1. The topological polar surface area (TPSA) is 90.3 Å². The Bertz CT molecular complexity index is 1560. The summed E-state index contributed by atoms with van der Waals surface area (Å²) in [6, 6.07) is 21.5. The fourth-order valence-corrected chi connectivity index (χ4v) is 7.06. The van der Waals surface area contributed by atoms with Crippen LogP contribution in [-0.4, -0.2) is 17.5 Å². The van der Waals surface area contributed by atoms with E-state index < -0.39 is 11.7 Å². The molecule has 1 aliphatic carbocycles. The molecule has 190 valence electrons. The second-order valence-electron chi connectivity index (χ2n) is 10.0. The van der Waals surface area contributed by atoms with Crippen LogP contribution in [0.15, 0.2) is 76.7 Å². The van der Waals surface area contributed by atoms with Gasteiger partial charge in [-0.05, 0) is 42.0 Å². The van der Waals surface area contributed by atoms with Crippen LogP contribution in [0.25, 0.3) is 5.70 Å². The number of thiophene rings is 1. The van der Waals surface area contributed by atoms with Crippen LogP contribution >= 0.6 is 23.1 Å². The van der Waals surface area contributed by atoms with Gasteiger partial charge in [-0.2, -0.15) is 5.26 Å². The molecule has 0 atom stereocenters. The SMILES string of the molecule is CC(=O)/C(C(=O)Nc1sc2c(c1C#N)CC(C)(C)CC2=O)=C1\SC=C(c2ccccc2)N1c1ccccc1. The van der Waals surface area contributed by atoms with Gasteiger partial charge in [-0.3, -0.25) is 14.4 Å². The molecule has 1 amide bonds. The van der Waals surface area contributed by atoms with E-state index >= 15 is 0 Å². The van der Waals surface area contributed by atoms with Crippen LogP contribution in [0.1, 0.15) is 53.6 Å². The fourth-order valence-electron chi connectivity index (χ4n) is 4.83. The normalized spacial score (nSPS) is 17.4. The quantitative estimate of drug-likeness (QED) is 0.219. The minimum Gasteiger partial charge on any atom is -0.312 e. The lowest BCUT2D eigenvalue weighted by molar-refractivity contribution is -0.118. The van der Waals surface area contributed by atoms with Crippen LogP contribution in [0, 0.1) is 16.7 Å². The van der Waals surface area contributed by atoms with Crippen LogP contribution in [0.4, 0.5) is 10.7 Å². The summed E-state index contributed by atoms with van der Waals surface area (Å²) in [6.45, 7) is 5.36. The van der Waals surface area contributed by atoms with E-state index in [0.717, 1.165) is 28.3 Å². The Morgan fingerprint density at radius 3 is 2.32 bits per heavy atom. The summed E-state index contributed by atoms with van der Waals surface area (Å²) >= 11 is 2.43. The van der Waals surface area contributed by atoms with Crippen molar-refractivity contribution in [2.45, 2.75) is 33.6 Å². The van der Waals surface area contributed by atoms with Crippen molar-refractivity contribution in [3.8, 4) is 6.07 Å². The van der Waals surface area contributed by atoms with Gasteiger partial charge < -0.3 is 10.2 Å². The number of anilines is 2. The van der Waals surface area contributed by atoms with Gasteiger partial charge in [0, 0.05) is 17.5 Å². The Labute approximate surface area is 229 Å². The van der Waals surface area contributed by atoms with Gasteiger partial charge >= 0.3 is 0 Å². The van der Waals surface area contributed by atoms with Crippen molar-refractivity contribution < 1.29 is 14.4 Å². The van der Waals surface area contributed by atoms with Gasteiger partial charge in [0.2, 0.25) is 0 Å². The van der Waals surface area contributed by atoms with Gasteiger partial charge in [0.05, 0.1) is 16.1 Å². The molecule has 1 aromatic heterocycles. The Hall–Kier alpha value is -3.93. The zero-order valence-electron chi connectivity index (χ0n) is 21.2. The summed E-state index contributed by atoms with van der Waals surface area (Å²) in [5.74, 6) is -1.03. The molecule has 0 saturated carbocycles. The highest BCUT2D eigenvalue weighted by atomic mass is 32.2. The molecule has 2 heterocycles. The lowest BCUT2D eigenvalue weighted by Crippen LogP contribution is -2.26. The third-order valence-electron chi connectivity index (χ3n) is 6.50. The van der Waals surface area contributed by atoms with Crippen molar-refractivity contribution in [3.05, 3.63) is 98.2 Å². The lowest BCUT2D eigenvalue weighted by Gasteiger charge is -2.28. The third-order valence-corrected chi connectivity index (χ3v) is 8.64. The van der Waals surface area contributed by atoms with E-state index in [0.29, 0.717) is 38.9 Å². The Balaban J connectivity index is 1.57. The first kappa shape index (κ1) is 25.7. The van der Waals surface area contributed by atoms with Crippen molar-refractivity contribution in [2.75, 3.05) is 10.2 Å². The van der Waals surface area contributed by atoms with Crippen molar-refractivity contribution in [1.29, 1.82) is 5.26 Å². The van der Waals surface area contributed by atoms with Crippen LogP contribution < -0.4 is 10.2 Å². The number of para-hydroxylation sites is 1. The average molecular weight is 540 g/mol. The highest BCUT2D eigenvalue weighted by Crippen LogP contribution is 2.46. The van der Waals surface area contributed by atoms with Crippen molar-refractivity contribution in [3.63, 3.8) is 0 Å². The Kier molecular flexibility index (Phi) is 6.82. The molecule has 2 aromatic carbocycles. The minimum absolute atomic E-state index is 0.0112. The van der Waals surface area contributed by atoms with Crippen molar-refractivity contribution in [1.82, 2.24) is 0 Å². The number of nitrogens with zero attached hydrogens (tertiary/aromatic N) is 2. The molecule has 38 heavy (non-hydrogen) atoms. The molecule has 0 unspecified atom stereocenters. The standard InChI is InChI=1S/C30H25N3O3S2/c1-18(34)25(27(36)32-28-22(16-31)21-14-30(2,3)15-24(35)26(21)38-28)29-33(20-12-8-5-9-13-20)23(17-37-29)19-10-6-4-7-11-19/h4-13,17H,14-15H2,1-3H3,(H,32,36)/b29-25+. The number of carbonyl (C=O) groups is 3. The molecule has 0 radical (unpaired) electrons. The minimum atomic E-state index is -0.606. The summed E-state index contributed by atoms with van der Waals surface area (Å²) in [5, 5.41) is 15.5. The number of hydrogen-bond acceptors (Lipinski definition) is 7. The molecule has 0 bridgehead atoms. The first-order valence-corrected chi connectivity index (χ1v) is 13.8. The van der Waals surface area contributed by atoms with Crippen LogP contribution in [0.2, 0.25) is 0 Å². The zero-order chi connectivity index (χ0) is 27.0. The summed E-state index contributed by atoms with van der Waals surface area (Å²) in [5.41, 5.74) is 3.31. The molecule has 2 aliphatic rings. The molecule has 6 nitrogen and oxygen atoms in total. The molecule has 1 aliphatic heterocycles. The summed E-state index contributed by atoms with van der Waals surface area (Å²) < 4.78 is 0. The monoisotopic (exact) mass is 539 g/mol. The molecule has 8 heteroatoms. The molecule has 5 rings (SSSR count). The number of benzene rings is 2. The number of nitrogens with one attached hydrogen (secondary N) is 1. The smallest absolute Gasteiger partial charge is 0.262 e. The maximum atomic E-state index is 13.7. The van der Waals surface area contributed by atoms with Gasteiger partial charge in [0.15, 0.2) is 11.6 Å². The summed E-state index contributed by atoms with van der Waals surface area (Å²) in [6.07, 6.45) is 0.962. The largest absolute Gasteiger partial charge is 0.312 e. The van der Waals surface area contributed by atoms with E-state index in [9.17, 15) is 19.6 Å². The van der Waals surface area contributed by atoms with Crippen molar-refractivity contribution >= 4 is 57.0 Å². The number of thioether (sulfide) groups is 1. The Morgan fingerprint density at radius 2 is 1.68 bits per heavy atom. The highest BCUT2D eigenvalue weighted by Gasteiger charge is 2.37. The molecule has 0 fully saturated rings.